The topological polar surface area (TPSA) is 79.5 Å². The highest BCUT2D eigenvalue weighted by Crippen LogP contribution is 2.44. The normalized spacial score (nSPS) is 15.1. The van der Waals surface area contributed by atoms with Crippen molar-refractivity contribution in [2.45, 2.75) is 53.5 Å². The van der Waals surface area contributed by atoms with Gasteiger partial charge in [-0.15, -0.1) is 11.3 Å². The molecule has 0 aliphatic heterocycles. The number of benzene rings is 2. The minimum atomic E-state index is -0.191. The highest BCUT2D eigenvalue weighted by molar-refractivity contribution is 7.17. The number of carbonyl (C=O) groups is 2. The van der Waals surface area contributed by atoms with Gasteiger partial charge < -0.3 is 20.7 Å². The molecule has 0 spiro atoms. The maximum Gasteiger partial charge on any atom is 0.258 e. The van der Waals surface area contributed by atoms with Gasteiger partial charge in [0.25, 0.3) is 5.91 Å². The smallest absolute Gasteiger partial charge is 0.258 e. The molecule has 0 saturated heterocycles. The van der Waals surface area contributed by atoms with Crippen LogP contribution in [0.2, 0.25) is 0 Å². The summed E-state index contributed by atoms with van der Waals surface area (Å²) in [4.78, 5) is 27.6. The number of thiophene rings is 1. The molecule has 0 saturated carbocycles. The number of carbonyl (C=O) groups excluding carboxylic acids is 2. The standard InChI is InChI=1S/C30H37N3O3S/c1-5-36-23-14-12-22(13-15-23)32-28(35)27-24-16-11-21(30(2,3)4)17-25(24)37-29(27)33-26(34)19-31-18-20-9-7-6-8-10-20/h6-10,12-15,21,31H,5,11,16-19H2,1-4H3,(H,32,35)(H,33,34). The van der Waals surface area contributed by atoms with E-state index in [1.807, 2.05) is 61.5 Å². The van der Waals surface area contributed by atoms with Crippen LogP contribution in [0.3, 0.4) is 0 Å². The number of anilines is 2. The summed E-state index contributed by atoms with van der Waals surface area (Å²) >= 11 is 1.55. The van der Waals surface area contributed by atoms with Crippen LogP contribution in [0.5, 0.6) is 5.75 Å². The Morgan fingerprint density at radius 3 is 2.43 bits per heavy atom. The lowest BCUT2D eigenvalue weighted by Gasteiger charge is -2.33. The van der Waals surface area contributed by atoms with E-state index in [-0.39, 0.29) is 23.8 Å². The zero-order chi connectivity index (χ0) is 26.4. The number of rotatable bonds is 9. The van der Waals surface area contributed by atoms with Crippen molar-refractivity contribution in [1.82, 2.24) is 5.32 Å². The summed E-state index contributed by atoms with van der Waals surface area (Å²) in [6.45, 7) is 10.1. The summed E-state index contributed by atoms with van der Waals surface area (Å²) in [6.07, 6.45) is 2.79. The summed E-state index contributed by atoms with van der Waals surface area (Å²) in [5.41, 5.74) is 3.67. The van der Waals surface area contributed by atoms with E-state index in [0.29, 0.717) is 35.3 Å². The average Bonchev–Trinajstić information content (AvgIpc) is 3.22. The first-order valence-corrected chi connectivity index (χ1v) is 13.8. The van der Waals surface area contributed by atoms with Gasteiger partial charge in [0.15, 0.2) is 0 Å². The van der Waals surface area contributed by atoms with Crippen molar-refractivity contribution < 1.29 is 14.3 Å². The van der Waals surface area contributed by atoms with E-state index in [0.717, 1.165) is 36.1 Å². The van der Waals surface area contributed by atoms with Crippen molar-refractivity contribution in [3.05, 3.63) is 76.2 Å². The van der Waals surface area contributed by atoms with E-state index >= 15 is 0 Å². The molecule has 0 fully saturated rings. The van der Waals surface area contributed by atoms with Gasteiger partial charge in [-0.1, -0.05) is 51.1 Å². The molecule has 1 aliphatic rings. The molecule has 1 heterocycles. The Labute approximate surface area is 223 Å². The van der Waals surface area contributed by atoms with Gasteiger partial charge in [-0.25, -0.2) is 0 Å². The number of fused-ring (bicyclic) bond motifs is 1. The largest absolute Gasteiger partial charge is 0.494 e. The summed E-state index contributed by atoms with van der Waals surface area (Å²) < 4.78 is 5.51. The Balaban J connectivity index is 1.51. The van der Waals surface area contributed by atoms with Gasteiger partial charge in [0, 0.05) is 17.1 Å². The van der Waals surface area contributed by atoms with Crippen LogP contribution in [0.25, 0.3) is 0 Å². The van der Waals surface area contributed by atoms with Crippen molar-refractivity contribution in [3.8, 4) is 5.75 Å². The van der Waals surface area contributed by atoms with E-state index in [1.165, 1.54) is 4.88 Å². The van der Waals surface area contributed by atoms with Crippen LogP contribution in [-0.2, 0) is 24.2 Å². The predicted molar refractivity (Wildman–Crippen MR) is 152 cm³/mol. The molecule has 0 radical (unpaired) electrons. The first-order chi connectivity index (χ1) is 17.7. The fourth-order valence-electron chi connectivity index (χ4n) is 4.74. The Kier molecular flexibility index (Phi) is 8.67. The van der Waals surface area contributed by atoms with Crippen LogP contribution >= 0.6 is 11.3 Å². The molecule has 37 heavy (non-hydrogen) atoms. The molecule has 1 aromatic heterocycles. The molecule has 6 nitrogen and oxygen atoms in total. The number of hydrogen-bond donors (Lipinski definition) is 3. The number of amides is 2. The maximum atomic E-state index is 13.5. The first-order valence-electron chi connectivity index (χ1n) is 13.0. The monoisotopic (exact) mass is 519 g/mol. The molecule has 3 aromatic rings. The fourth-order valence-corrected chi connectivity index (χ4v) is 6.08. The van der Waals surface area contributed by atoms with Crippen LogP contribution in [0.4, 0.5) is 10.7 Å². The van der Waals surface area contributed by atoms with E-state index in [1.54, 1.807) is 11.3 Å². The molecular weight excluding hydrogens is 482 g/mol. The van der Waals surface area contributed by atoms with E-state index in [9.17, 15) is 9.59 Å². The summed E-state index contributed by atoms with van der Waals surface area (Å²) in [5.74, 6) is 0.954. The van der Waals surface area contributed by atoms with Crippen LogP contribution in [-0.4, -0.2) is 25.0 Å². The Hall–Kier alpha value is -3.16. The van der Waals surface area contributed by atoms with Crippen LogP contribution in [0.15, 0.2) is 54.6 Å². The molecule has 2 aromatic carbocycles. The second-order valence-corrected chi connectivity index (χ2v) is 11.7. The number of hydrogen-bond acceptors (Lipinski definition) is 5. The van der Waals surface area contributed by atoms with Gasteiger partial charge in [-0.05, 0) is 72.9 Å². The number of nitrogens with one attached hydrogen (secondary N) is 3. The molecule has 2 amide bonds. The fraction of sp³-hybridized carbons (Fsp3) is 0.400. The number of ether oxygens (including phenoxy) is 1. The minimum Gasteiger partial charge on any atom is -0.494 e. The average molecular weight is 520 g/mol. The van der Waals surface area contributed by atoms with Crippen LogP contribution < -0.4 is 20.7 Å². The quantitative estimate of drug-likeness (QED) is 0.311. The van der Waals surface area contributed by atoms with E-state index in [4.69, 9.17) is 4.74 Å². The van der Waals surface area contributed by atoms with Crippen molar-refractivity contribution in [3.63, 3.8) is 0 Å². The Morgan fingerprint density at radius 2 is 1.76 bits per heavy atom. The molecule has 3 N–H and O–H groups in total. The molecule has 4 rings (SSSR count). The molecular formula is C30H37N3O3S. The molecule has 1 aliphatic carbocycles. The van der Waals surface area contributed by atoms with Gasteiger partial charge in [0.1, 0.15) is 10.8 Å². The van der Waals surface area contributed by atoms with Gasteiger partial charge in [-0.2, -0.15) is 0 Å². The van der Waals surface area contributed by atoms with Crippen molar-refractivity contribution in [1.29, 1.82) is 0 Å². The molecule has 7 heteroatoms. The minimum absolute atomic E-state index is 0.156. The van der Waals surface area contributed by atoms with Crippen LogP contribution in [0, 0.1) is 11.3 Å². The third-order valence-corrected chi connectivity index (χ3v) is 8.02. The Morgan fingerprint density at radius 1 is 1.03 bits per heavy atom. The van der Waals surface area contributed by atoms with Gasteiger partial charge in [0.2, 0.25) is 5.91 Å². The highest BCUT2D eigenvalue weighted by Gasteiger charge is 2.34. The summed E-state index contributed by atoms with van der Waals surface area (Å²) in [7, 11) is 0. The lowest BCUT2D eigenvalue weighted by molar-refractivity contribution is -0.115. The molecule has 1 unspecified atom stereocenters. The van der Waals surface area contributed by atoms with Crippen molar-refractivity contribution >= 4 is 33.8 Å². The SMILES string of the molecule is CCOc1ccc(NC(=O)c2c(NC(=O)CNCc3ccccc3)sc3c2CCC(C(C)(C)C)C3)cc1. The maximum absolute atomic E-state index is 13.5. The van der Waals surface area contributed by atoms with Gasteiger partial charge in [0.05, 0.1) is 18.7 Å². The second kappa shape index (κ2) is 11.9. The van der Waals surface area contributed by atoms with Crippen LogP contribution in [0.1, 0.15) is 60.5 Å². The summed E-state index contributed by atoms with van der Waals surface area (Å²) in [5, 5.41) is 9.89. The third-order valence-electron chi connectivity index (χ3n) is 6.85. The van der Waals surface area contributed by atoms with E-state index < -0.39 is 0 Å². The summed E-state index contributed by atoms with van der Waals surface area (Å²) in [6, 6.07) is 17.3. The van der Waals surface area contributed by atoms with Crippen molar-refractivity contribution in [2.75, 3.05) is 23.8 Å². The zero-order valence-electron chi connectivity index (χ0n) is 22.1. The first kappa shape index (κ1) is 26.9. The predicted octanol–water partition coefficient (Wildman–Crippen LogP) is 6.28. The van der Waals surface area contributed by atoms with Gasteiger partial charge in [-0.3, -0.25) is 9.59 Å². The second-order valence-electron chi connectivity index (χ2n) is 10.6. The third kappa shape index (κ3) is 6.99. The zero-order valence-corrected chi connectivity index (χ0v) is 23.0. The van der Waals surface area contributed by atoms with Gasteiger partial charge >= 0.3 is 0 Å². The van der Waals surface area contributed by atoms with E-state index in [2.05, 4.69) is 36.7 Å². The molecule has 196 valence electrons. The van der Waals surface area contributed by atoms with Crippen molar-refractivity contribution in [2.24, 2.45) is 11.3 Å². The highest BCUT2D eigenvalue weighted by atomic mass is 32.1. The lowest BCUT2D eigenvalue weighted by Crippen LogP contribution is -2.28. The molecule has 0 bridgehead atoms. The Bertz CT molecular complexity index is 1210. The molecule has 1 atom stereocenters. The lowest BCUT2D eigenvalue weighted by atomic mass is 9.72.